The van der Waals surface area contributed by atoms with Crippen LogP contribution in [0.3, 0.4) is 0 Å². The van der Waals surface area contributed by atoms with Crippen LogP contribution >= 0.6 is 0 Å². The number of piperazine rings is 2. The first-order valence-electron chi connectivity index (χ1n) is 20.7. The molecule has 2 aromatic carbocycles. The summed E-state index contributed by atoms with van der Waals surface area (Å²) < 4.78 is 21.3. The van der Waals surface area contributed by atoms with Crippen LogP contribution in [-0.2, 0) is 33.3 Å². The average molecular weight is 823 g/mol. The highest BCUT2D eigenvalue weighted by Gasteiger charge is 2.26. The number of ether oxygens (including phenoxy) is 4. The van der Waals surface area contributed by atoms with Crippen molar-refractivity contribution in [3.8, 4) is 0 Å². The van der Waals surface area contributed by atoms with Gasteiger partial charge in [-0.3, -0.25) is 14.4 Å². The number of esters is 2. The lowest BCUT2D eigenvalue weighted by Gasteiger charge is -2.36. The minimum Gasteiger partial charge on any atom is -0.456 e. The number of nitrogens with one attached hydrogen (secondary N) is 1. The maximum Gasteiger partial charge on any atom is 0.340 e. The molecule has 0 aliphatic carbocycles. The second kappa shape index (κ2) is 21.4. The van der Waals surface area contributed by atoms with Crippen molar-refractivity contribution < 1.29 is 42.9 Å². The molecule has 4 fully saturated rings. The van der Waals surface area contributed by atoms with Gasteiger partial charge in [0.2, 0.25) is 11.8 Å². The molecule has 0 atom stereocenters. The molecule has 4 aliphatic rings. The Kier molecular flexibility index (Phi) is 17.0. The Morgan fingerprint density at radius 2 is 1.07 bits per heavy atom. The first-order valence-corrected chi connectivity index (χ1v) is 20.7. The topological polar surface area (TPSA) is 173 Å². The maximum atomic E-state index is 12.8. The van der Waals surface area contributed by atoms with E-state index < -0.39 is 17.2 Å². The second-order valence-electron chi connectivity index (χ2n) is 17.2. The fraction of sp³-hybridized carbons (Fsp3) is 0.614. The van der Waals surface area contributed by atoms with Gasteiger partial charge < -0.3 is 49.6 Å². The lowest BCUT2D eigenvalue weighted by molar-refractivity contribution is -0.129. The van der Waals surface area contributed by atoms with Crippen LogP contribution in [0, 0.1) is 0 Å². The van der Waals surface area contributed by atoms with Crippen LogP contribution in [0.1, 0.15) is 102 Å². The smallest absolute Gasteiger partial charge is 0.340 e. The third-order valence-electron chi connectivity index (χ3n) is 10.1. The quantitative estimate of drug-likeness (QED) is 0.289. The minimum absolute atomic E-state index is 0.101. The van der Waals surface area contributed by atoms with Gasteiger partial charge >= 0.3 is 11.9 Å². The number of carbonyl (C=O) groups excluding carboxylic acids is 5. The zero-order valence-electron chi connectivity index (χ0n) is 36.4. The number of carbonyl (C=O) groups is 5. The summed E-state index contributed by atoms with van der Waals surface area (Å²) in [6.45, 7) is 22.9. The van der Waals surface area contributed by atoms with E-state index in [0.29, 0.717) is 74.8 Å². The molecular formula is C44H66N6O9. The van der Waals surface area contributed by atoms with Crippen LogP contribution in [0.25, 0.3) is 0 Å². The number of benzene rings is 2. The van der Waals surface area contributed by atoms with E-state index in [9.17, 15) is 24.0 Å². The number of hydrogen-bond donors (Lipinski definition) is 2. The van der Waals surface area contributed by atoms with Crippen LogP contribution in [0.4, 0.5) is 22.7 Å². The molecule has 6 rings (SSSR count). The first kappa shape index (κ1) is 46.8. The molecule has 2 aromatic rings. The molecule has 0 saturated carbocycles. The van der Waals surface area contributed by atoms with Gasteiger partial charge in [0.15, 0.2) is 0 Å². The van der Waals surface area contributed by atoms with Gasteiger partial charge in [-0.25, -0.2) is 9.59 Å². The van der Waals surface area contributed by atoms with E-state index in [2.05, 4.69) is 15.1 Å². The normalized spacial score (nSPS) is 17.8. The molecule has 15 heteroatoms. The number of nitrogen functional groups attached to an aromatic ring is 1. The summed E-state index contributed by atoms with van der Waals surface area (Å²) in [4.78, 5) is 66.4. The van der Waals surface area contributed by atoms with Gasteiger partial charge in [-0.1, -0.05) is 0 Å². The SMILES string of the molecule is CC(=O)N1CCN(c2ccc(C(=O)OC(C)(C)C)c(N)c2)CC1.CC(=O)N1CCN(c2ccc(C(=O)OC(C)(C)C)c(NC3CCOCC3)c2)CC1.O=C1CCOCC1. The number of rotatable bonds is 6. The molecule has 0 aromatic heterocycles. The van der Waals surface area contributed by atoms with Gasteiger partial charge in [0, 0.05) is 115 Å². The highest BCUT2D eigenvalue weighted by atomic mass is 16.6. The third-order valence-corrected chi connectivity index (χ3v) is 10.1. The molecule has 15 nitrogen and oxygen atoms in total. The Balaban J connectivity index is 0.000000227. The van der Waals surface area contributed by atoms with E-state index in [1.165, 1.54) is 0 Å². The summed E-state index contributed by atoms with van der Waals surface area (Å²) in [6.07, 6.45) is 3.07. The molecule has 59 heavy (non-hydrogen) atoms. The molecule has 0 bridgehead atoms. The summed E-state index contributed by atoms with van der Waals surface area (Å²) in [5, 5.41) is 3.55. The average Bonchev–Trinajstić information content (AvgIpc) is 3.18. The number of anilines is 4. The van der Waals surface area contributed by atoms with Gasteiger partial charge in [-0.05, 0) is 90.8 Å². The van der Waals surface area contributed by atoms with Crippen LogP contribution < -0.4 is 20.9 Å². The number of hydrogen-bond acceptors (Lipinski definition) is 13. The molecule has 326 valence electrons. The second-order valence-corrected chi connectivity index (χ2v) is 17.2. The van der Waals surface area contributed by atoms with E-state index in [1.54, 1.807) is 26.0 Å². The van der Waals surface area contributed by atoms with Crippen molar-refractivity contribution in [3.05, 3.63) is 47.5 Å². The van der Waals surface area contributed by atoms with E-state index in [0.717, 1.165) is 69.3 Å². The maximum absolute atomic E-state index is 12.8. The zero-order valence-corrected chi connectivity index (χ0v) is 36.4. The van der Waals surface area contributed by atoms with E-state index >= 15 is 0 Å². The van der Waals surface area contributed by atoms with Crippen molar-refractivity contribution in [2.24, 2.45) is 0 Å². The van der Waals surface area contributed by atoms with E-state index in [1.807, 2.05) is 75.6 Å². The summed E-state index contributed by atoms with van der Waals surface area (Å²) in [6, 6.07) is 11.5. The number of amides is 2. The number of nitrogens with two attached hydrogens (primary N) is 1. The van der Waals surface area contributed by atoms with Gasteiger partial charge in [0.1, 0.15) is 17.0 Å². The summed E-state index contributed by atoms with van der Waals surface area (Å²) in [5.74, 6) is -0.176. The van der Waals surface area contributed by atoms with Crippen molar-refractivity contribution in [1.29, 1.82) is 0 Å². The zero-order chi connectivity index (χ0) is 43.3. The fourth-order valence-corrected chi connectivity index (χ4v) is 6.85. The van der Waals surface area contributed by atoms with Crippen LogP contribution in [-0.4, -0.2) is 135 Å². The predicted octanol–water partition coefficient (Wildman–Crippen LogP) is 5.16. The van der Waals surface area contributed by atoms with Crippen LogP contribution in [0.15, 0.2) is 36.4 Å². The monoisotopic (exact) mass is 822 g/mol. The largest absolute Gasteiger partial charge is 0.456 e. The molecule has 4 aliphatic heterocycles. The summed E-state index contributed by atoms with van der Waals surface area (Å²) >= 11 is 0. The fourth-order valence-electron chi connectivity index (χ4n) is 6.85. The number of Topliss-reactive ketones (excluding diaryl/α,β-unsaturated/α-hetero) is 1. The molecule has 0 unspecified atom stereocenters. The third kappa shape index (κ3) is 15.3. The summed E-state index contributed by atoms with van der Waals surface area (Å²) in [7, 11) is 0. The first-order chi connectivity index (χ1) is 27.8. The molecule has 4 heterocycles. The van der Waals surface area contributed by atoms with Gasteiger partial charge in [-0.2, -0.15) is 0 Å². The number of ketones is 1. The molecular weight excluding hydrogens is 757 g/mol. The standard InChI is InChI=1S/C22H33N3O4.C17H25N3O3.C5H8O2/c1-16(26)24-9-11-25(12-10-24)18-5-6-19(21(27)29-22(2,3)4)20(15-18)23-17-7-13-28-14-8-17;1-12(21)19-7-9-20(10-8-19)13-5-6-14(15(18)11-13)16(22)23-17(2,3)4;6-5-1-3-7-4-2-5/h5-6,15,17,23H,7-14H2,1-4H3;5-6,11H,7-10,18H2,1-4H3;1-4H2. The highest BCUT2D eigenvalue weighted by Crippen LogP contribution is 2.29. The molecule has 2 amide bonds. The minimum atomic E-state index is -0.550. The van der Waals surface area contributed by atoms with Gasteiger partial charge in [-0.15, -0.1) is 0 Å². The van der Waals surface area contributed by atoms with Crippen molar-refractivity contribution in [1.82, 2.24) is 9.80 Å². The Morgan fingerprint density at radius 3 is 1.47 bits per heavy atom. The predicted molar refractivity (Wildman–Crippen MR) is 229 cm³/mol. The Bertz CT molecular complexity index is 1740. The molecule has 0 radical (unpaired) electrons. The van der Waals surface area contributed by atoms with Crippen molar-refractivity contribution >= 4 is 52.3 Å². The van der Waals surface area contributed by atoms with E-state index in [-0.39, 0.29) is 23.8 Å². The van der Waals surface area contributed by atoms with Gasteiger partial charge in [0.05, 0.1) is 30.0 Å². The molecule has 0 spiro atoms. The highest BCUT2D eigenvalue weighted by molar-refractivity contribution is 5.97. The van der Waals surface area contributed by atoms with Crippen molar-refractivity contribution in [3.63, 3.8) is 0 Å². The lowest BCUT2D eigenvalue weighted by Crippen LogP contribution is -2.48. The lowest BCUT2D eigenvalue weighted by atomic mass is 10.1. The van der Waals surface area contributed by atoms with E-state index in [4.69, 9.17) is 24.7 Å². The van der Waals surface area contributed by atoms with Gasteiger partial charge in [0.25, 0.3) is 0 Å². The Morgan fingerprint density at radius 1 is 0.644 bits per heavy atom. The van der Waals surface area contributed by atoms with Crippen LogP contribution in [0.5, 0.6) is 0 Å². The van der Waals surface area contributed by atoms with Crippen LogP contribution in [0.2, 0.25) is 0 Å². The van der Waals surface area contributed by atoms with Crippen molar-refractivity contribution in [2.75, 3.05) is 99.6 Å². The number of nitrogens with zero attached hydrogens (tertiary/aromatic N) is 4. The Labute approximate surface area is 349 Å². The summed E-state index contributed by atoms with van der Waals surface area (Å²) in [5.41, 5.74) is 9.09. The Hall–Kier alpha value is -4.89. The molecule has 4 saturated heterocycles. The van der Waals surface area contributed by atoms with Crippen molar-refractivity contribution in [2.45, 2.75) is 98.3 Å². The molecule has 3 N–H and O–H groups in total.